The standard InChI is InChI=1S/C16H24ClNO/c1-15(2,3)11-9-12(14(19-4)13(17)10-11)16(18)7-5-6-8-16/h9-10H,5-8,18H2,1-4H3. The van der Waals surface area contributed by atoms with Crippen LogP contribution < -0.4 is 10.5 Å². The number of benzene rings is 1. The molecule has 0 aliphatic heterocycles. The Morgan fingerprint density at radius 1 is 1.21 bits per heavy atom. The van der Waals surface area contributed by atoms with Gasteiger partial charge in [0.25, 0.3) is 0 Å². The van der Waals surface area contributed by atoms with E-state index in [1.165, 1.54) is 18.4 Å². The van der Waals surface area contributed by atoms with E-state index < -0.39 is 0 Å². The van der Waals surface area contributed by atoms with Gasteiger partial charge in [-0.1, -0.05) is 45.2 Å². The Hall–Kier alpha value is -0.730. The largest absolute Gasteiger partial charge is 0.495 e. The fraction of sp³-hybridized carbons (Fsp3) is 0.625. The lowest BCUT2D eigenvalue weighted by Crippen LogP contribution is -2.34. The Morgan fingerprint density at radius 3 is 2.26 bits per heavy atom. The van der Waals surface area contributed by atoms with E-state index in [1.807, 2.05) is 6.07 Å². The van der Waals surface area contributed by atoms with Gasteiger partial charge >= 0.3 is 0 Å². The van der Waals surface area contributed by atoms with Gasteiger partial charge in [0.1, 0.15) is 5.75 Å². The van der Waals surface area contributed by atoms with Crippen LogP contribution >= 0.6 is 11.6 Å². The van der Waals surface area contributed by atoms with E-state index in [4.69, 9.17) is 22.1 Å². The van der Waals surface area contributed by atoms with Crippen molar-refractivity contribution in [1.82, 2.24) is 0 Å². The zero-order valence-electron chi connectivity index (χ0n) is 12.3. The van der Waals surface area contributed by atoms with Crippen LogP contribution in [0.2, 0.25) is 5.02 Å². The Kier molecular flexibility index (Phi) is 3.85. The van der Waals surface area contributed by atoms with Crippen molar-refractivity contribution in [1.29, 1.82) is 0 Å². The van der Waals surface area contributed by atoms with Gasteiger partial charge < -0.3 is 10.5 Å². The molecule has 19 heavy (non-hydrogen) atoms. The minimum Gasteiger partial charge on any atom is -0.495 e. The molecule has 0 bridgehead atoms. The van der Waals surface area contributed by atoms with Crippen LogP contribution in [0.3, 0.4) is 0 Å². The topological polar surface area (TPSA) is 35.2 Å². The molecule has 0 unspecified atom stereocenters. The zero-order chi connectivity index (χ0) is 14.3. The maximum atomic E-state index is 6.60. The van der Waals surface area contributed by atoms with Crippen molar-refractivity contribution in [2.45, 2.75) is 57.4 Å². The van der Waals surface area contributed by atoms with E-state index in [9.17, 15) is 0 Å². The lowest BCUT2D eigenvalue weighted by Gasteiger charge is -2.30. The lowest BCUT2D eigenvalue weighted by molar-refractivity contribution is 0.378. The van der Waals surface area contributed by atoms with Crippen molar-refractivity contribution in [3.8, 4) is 5.75 Å². The molecule has 1 aliphatic carbocycles. The van der Waals surface area contributed by atoms with E-state index in [0.29, 0.717) is 5.02 Å². The molecule has 1 aromatic carbocycles. The summed E-state index contributed by atoms with van der Waals surface area (Å²) in [4.78, 5) is 0. The minimum atomic E-state index is -0.282. The fourth-order valence-corrected chi connectivity index (χ4v) is 3.18. The summed E-state index contributed by atoms with van der Waals surface area (Å²) >= 11 is 6.40. The summed E-state index contributed by atoms with van der Waals surface area (Å²) in [7, 11) is 1.67. The van der Waals surface area contributed by atoms with Crippen LogP contribution in [0, 0.1) is 0 Å². The molecule has 1 aliphatic rings. The molecule has 2 nitrogen and oxygen atoms in total. The highest BCUT2D eigenvalue weighted by Crippen LogP contribution is 2.45. The van der Waals surface area contributed by atoms with Crippen LogP contribution in [0.5, 0.6) is 5.75 Å². The van der Waals surface area contributed by atoms with Crippen LogP contribution in [-0.2, 0) is 11.0 Å². The Balaban J connectivity index is 2.60. The highest BCUT2D eigenvalue weighted by atomic mass is 35.5. The molecule has 0 radical (unpaired) electrons. The van der Waals surface area contributed by atoms with Crippen molar-refractivity contribution < 1.29 is 4.74 Å². The first-order chi connectivity index (χ1) is 8.78. The maximum absolute atomic E-state index is 6.60. The molecular formula is C16H24ClNO. The second-order valence-corrected chi connectivity index (χ2v) is 7.06. The number of ether oxygens (including phenoxy) is 1. The van der Waals surface area contributed by atoms with E-state index in [2.05, 4.69) is 26.8 Å². The molecule has 2 N–H and O–H groups in total. The van der Waals surface area contributed by atoms with Gasteiger partial charge in [-0.15, -0.1) is 0 Å². The van der Waals surface area contributed by atoms with Crippen molar-refractivity contribution in [2.75, 3.05) is 7.11 Å². The summed E-state index contributed by atoms with van der Waals surface area (Å²) in [6.45, 7) is 6.56. The number of rotatable bonds is 2. The SMILES string of the molecule is COc1c(Cl)cc(C(C)(C)C)cc1C1(N)CCCC1. The highest BCUT2D eigenvalue weighted by Gasteiger charge is 2.35. The third-order valence-electron chi connectivity index (χ3n) is 4.15. The summed E-state index contributed by atoms with van der Waals surface area (Å²) in [6, 6.07) is 4.19. The smallest absolute Gasteiger partial charge is 0.142 e. The third kappa shape index (κ3) is 2.75. The van der Waals surface area contributed by atoms with Crippen molar-refractivity contribution in [3.63, 3.8) is 0 Å². The number of hydrogen-bond donors (Lipinski definition) is 1. The maximum Gasteiger partial charge on any atom is 0.142 e. The molecule has 0 amide bonds. The van der Waals surface area contributed by atoms with Crippen molar-refractivity contribution in [2.24, 2.45) is 5.73 Å². The highest BCUT2D eigenvalue weighted by molar-refractivity contribution is 6.32. The number of methoxy groups -OCH3 is 1. The Bertz CT molecular complexity index is 470. The zero-order valence-corrected chi connectivity index (χ0v) is 13.1. The molecule has 1 saturated carbocycles. The quantitative estimate of drug-likeness (QED) is 0.873. The molecule has 0 atom stereocenters. The van der Waals surface area contributed by atoms with Gasteiger partial charge in [-0.3, -0.25) is 0 Å². The lowest BCUT2D eigenvalue weighted by atomic mass is 9.81. The minimum absolute atomic E-state index is 0.0552. The second kappa shape index (κ2) is 4.99. The number of nitrogens with two attached hydrogens (primary N) is 1. The van der Waals surface area contributed by atoms with E-state index in [1.54, 1.807) is 7.11 Å². The Labute approximate surface area is 121 Å². The molecule has 0 spiro atoms. The van der Waals surface area contributed by atoms with Gasteiger partial charge in [0.05, 0.1) is 12.1 Å². The molecular weight excluding hydrogens is 258 g/mol. The molecule has 0 aromatic heterocycles. The number of hydrogen-bond acceptors (Lipinski definition) is 2. The third-order valence-corrected chi connectivity index (χ3v) is 4.43. The first-order valence-electron chi connectivity index (χ1n) is 6.95. The van der Waals surface area contributed by atoms with Crippen molar-refractivity contribution >= 4 is 11.6 Å². The summed E-state index contributed by atoms with van der Waals surface area (Å²) < 4.78 is 5.51. The average Bonchev–Trinajstić information content (AvgIpc) is 2.75. The van der Waals surface area contributed by atoms with Crippen LogP contribution in [0.25, 0.3) is 0 Å². The molecule has 106 valence electrons. The molecule has 3 heteroatoms. The molecule has 0 saturated heterocycles. The molecule has 0 heterocycles. The van der Waals surface area contributed by atoms with Gasteiger partial charge in [-0.2, -0.15) is 0 Å². The van der Waals surface area contributed by atoms with E-state index in [-0.39, 0.29) is 11.0 Å². The first kappa shape index (κ1) is 14.7. The predicted octanol–water partition coefficient (Wildman–Crippen LogP) is 4.37. The van der Waals surface area contributed by atoms with Crippen molar-refractivity contribution in [3.05, 3.63) is 28.3 Å². The summed E-state index contributed by atoms with van der Waals surface area (Å²) in [5.74, 6) is 0.749. The van der Waals surface area contributed by atoms with Gasteiger partial charge in [0.15, 0.2) is 0 Å². The van der Waals surface area contributed by atoms with Gasteiger partial charge in [-0.25, -0.2) is 0 Å². The van der Waals surface area contributed by atoms with Crippen LogP contribution in [0.4, 0.5) is 0 Å². The Morgan fingerprint density at radius 2 is 1.79 bits per heavy atom. The summed E-state index contributed by atoms with van der Waals surface area (Å²) in [5.41, 5.74) is 8.66. The summed E-state index contributed by atoms with van der Waals surface area (Å²) in [6.07, 6.45) is 4.37. The fourth-order valence-electron chi connectivity index (χ4n) is 2.88. The van der Waals surface area contributed by atoms with Gasteiger partial charge in [0, 0.05) is 11.1 Å². The second-order valence-electron chi connectivity index (χ2n) is 6.65. The predicted molar refractivity (Wildman–Crippen MR) is 81.0 cm³/mol. The van der Waals surface area contributed by atoms with E-state index in [0.717, 1.165) is 24.2 Å². The molecule has 1 aromatic rings. The molecule has 2 rings (SSSR count). The van der Waals surface area contributed by atoms with Crippen LogP contribution in [0.15, 0.2) is 12.1 Å². The van der Waals surface area contributed by atoms with E-state index >= 15 is 0 Å². The van der Waals surface area contributed by atoms with Crippen LogP contribution in [0.1, 0.15) is 57.6 Å². The average molecular weight is 282 g/mol. The summed E-state index contributed by atoms with van der Waals surface area (Å²) in [5, 5.41) is 0.668. The number of halogens is 1. The molecule has 1 fully saturated rings. The normalized spacial score (nSPS) is 18.6. The van der Waals surface area contributed by atoms with Gasteiger partial charge in [0.2, 0.25) is 0 Å². The first-order valence-corrected chi connectivity index (χ1v) is 7.33. The van der Waals surface area contributed by atoms with Gasteiger partial charge in [-0.05, 0) is 36.0 Å². The monoisotopic (exact) mass is 281 g/mol. The van der Waals surface area contributed by atoms with Crippen LogP contribution in [-0.4, -0.2) is 7.11 Å².